The van der Waals surface area contributed by atoms with Crippen molar-refractivity contribution in [2.24, 2.45) is 38.4 Å². The molecule has 2 aromatic carbocycles. The van der Waals surface area contributed by atoms with Crippen molar-refractivity contribution >= 4 is 72.9 Å². The Balaban J connectivity index is 0.000000289. The van der Waals surface area contributed by atoms with E-state index < -0.39 is 11.6 Å². The summed E-state index contributed by atoms with van der Waals surface area (Å²) in [6.45, 7) is 1.64. The quantitative estimate of drug-likeness (QED) is 0.0174. The Labute approximate surface area is 425 Å². The van der Waals surface area contributed by atoms with Crippen molar-refractivity contribution < 1.29 is 72.4 Å². The predicted molar refractivity (Wildman–Crippen MR) is 245 cm³/mol. The molecule has 360 valence electrons. The van der Waals surface area contributed by atoms with Gasteiger partial charge in [-0.3, -0.25) is 34.7 Å². The molecule has 3 aromatic heterocycles. The summed E-state index contributed by atoms with van der Waals surface area (Å²) in [5.74, 6) is -0.976. The van der Waals surface area contributed by atoms with Gasteiger partial charge in [-0.15, -0.1) is 0 Å². The molecule has 7 rings (SSSR count). The largest absolute Gasteiger partial charge is 1.00 e. The molecule has 68 heavy (non-hydrogen) atoms. The summed E-state index contributed by atoms with van der Waals surface area (Å²) < 4.78 is 43.0. The fourth-order valence-electron chi connectivity index (χ4n) is 7.09. The third-order valence-electron chi connectivity index (χ3n) is 10.5. The number of oxime groups is 1. The number of carbonyl (C=O) groups is 2. The van der Waals surface area contributed by atoms with Crippen LogP contribution in [0, 0.1) is 23.5 Å². The van der Waals surface area contributed by atoms with Crippen molar-refractivity contribution in [2.45, 2.75) is 70.6 Å². The first-order chi connectivity index (χ1) is 31.9. The van der Waals surface area contributed by atoms with E-state index in [1.165, 1.54) is 24.3 Å². The third-order valence-corrected chi connectivity index (χ3v) is 11.7. The van der Waals surface area contributed by atoms with E-state index in [1.54, 1.807) is 12.1 Å². The van der Waals surface area contributed by atoms with E-state index in [9.17, 15) is 28.4 Å². The number of hydrogen-bond donors (Lipinski definition) is 7. The van der Waals surface area contributed by atoms with Gasteiger partial charge in [0.2, 0.25) is 23.5 Å². The Morgan fingerprint density at radius 3 is 1.87 bits per heavy atom. The summed E-state index contributed by atoms with van der Waals surface area (Å²) in [6, 6.07) is 8.50. The second kappa shape index (κ2) is 27.4. The SMILES string of the molecule is NC(=NCCCNc1nonc1-c1noc(=O)n1-c1ccc(F)c(Br)c1)NC(=O)C1CCCC1.NC(=NCCCNc1nonc1/C(Cc1ccc(F)c(Br)c1)=N/O)NC(=O)C1CCCC1.[Na+].[OH-]. The Morgan fingerprint density at radius 1 is 0.779 bits per heavy atom. The fraction of sp³-hybridized carbons (Fsp3) is 0.425. The predicted octanol–water partition coefficient (Wildman–Crippen LogP) is 1.84. The molecule has 10 N–H and O–H groups in total. The van der Waals surface area contributed by atoms with Crippen LogP contribution < -0.4 is 68.0 Å². The summed E-state index contributed by atoms with van der Waals surface area (Å²) in [7, 11) is 0. The normalized spacial score (nSPS) is 14.4. The van der Waals surface area contributed by atoms with Crippen molar-refractivity contribution in [3.8, 4) is 17.2 Å². The zero-order chi connectivity index (χ0) is 47.0. The fourth-order valence-corrected chi connectivity index (χ4v) is 7.88. The number of nitrogens with two attached hydrogens (primary N) is 2. The molecule has 3 heterocycles. The van der Waals surface area contributed by atoms with Gasteiger partial charge in [0, 0.05) is 44.4 Å². The maximum atomic E-state index is 13.6. The first kappa shape index (κ1) is 55.0. The number of anilines is 2. The van der Waals surface area contributed by atoms with E-state index in [2.05, 4.69) is 94.1 Å². The zero-order valence-electron chi connectivity index (χ0n) is 36.8. The molecule has 2 saturated carbocycles. The molecular formula is C40H48Br2F2N15NaO8. The average molecular weight is 1090 g/mol. The van der Waals surface area contributed by atoms with E-state index in [0.717, 1.165) is 55.9 Å². The van der Waals surface area contributed by atoms with Crippen molar-refractivity contribution in [3.05, 3.63) is 78.8 Å². The molecule has 2 aliphatic rings. The molecule has 2 fully saturated rings. The van der Waals surface area contributed by atoms with Gasteiger partial charge in [-0.25, -0.2) is 27.4 Å². The first-order valence-corrected chi connectivity index (χ1v) is 22.5. The molecular weight excluding hydrogens is 1040 g/mol. The molecule has 0 radical (unpaired) electrons. The van der Waals surface area contributed by atoms with Crippen LogP contribution in [0.3, 0.4) is 0 Å². The molecule has 0 bridgehead atoms. The summed E-state index contributed by atoms with van der Waals surface area (Å²) in [5, 5.41) is 43.1. The minimum Gasteiger partial charge on any atom is -0.870 e. The second-order valence-corrected chi connectivity index (χ2v) is 16.8. The minimum atomic E-state index is -0.785. The smallest absolute Gasteiger partial charge is 0.870 e. The number of amides is 2. The maximum Gasteiger partial charge on any atom is 1.00 e. The van der Waals surface area contributed by atoms with Crippen LogP contribution in [0.5, 0.6) is 0 Å². The molecule has 0 aliphatic heterocycles. The van der Waals surface area contributed by atoms with Crippen LogP contribution in [0.2, 0.25) is 0 Å². The van der Waals surface area contributed by atoms with E-state index in [4.69, 9.17) is 25.2 Å². The Morgan fingerprint density at radius 2 is 1.31 bits per heavy atom. The first-order valence-electron chi connectivity index (χ1n) is 21.0. The summed E-state index contributed by atoms with van der Waals surface area (Å²) in [5.41, 5.74) is 13.2. The maximum absolute atomic E-state index is 13.6. The van der Waals surface area contributed by atoms with Gasteiger partial charge in [0.15, 0.2) is 29.1 Å². The van der Waals surface area contributed by atoms with Gasteiger partial charge in [0.25, 0.3) is 0 Å². The molecule has 23 nitrogen and oxygen atoms in total. The zero-order valence-corrected chi connectivity index (χ0v) is 41.9. The van der Waals surface area contributed by atoms with Gasteiger partial charge < -0.3 is 32.8 Å². The average Bonchev–Trinajstić information content (AvgIpc) is 4.17. The molecule has 2 amide bonds. The number of benzene rings is 2. The Bertz CT molecular complexity index is 2590. The van der Waals surface area contributed by atoms with Crippen molar-refractivity contribution in [1.82, 2.24) is 41.0 Å². The molecule has 0 atom stereocenters. The third kappa shape index (κ3) is 15.5. The van der Waals surface area contributed by atoms with Gasteiger partial charge in [0.1, 0.15) is 17.3 Å². The number of hydrogen-bond acceptors (Lipinski definition) is 18. The molecule has 28 heteroatoms. The van der Waals surface area contributed by atoms with Crippen LogP contribution in [0.25, 0.3) is 17.2 Å². The monoisotopic (exact) mass is 1090 g/mol. The van der Waals surface area contributed by atoms with Crippen molar-refractivity contribution in [2.75, 3.05) is 36.8 Å². The number of aromatic nitrogens is 6. The van der Waals surface area contributed by atoms with Gasteiger partial charge in [-0.1, -0.05) is 42.1 Å². The topological polar surface area (TPSA) is 347 Å². The van der Waals surface area contributed by atoms with Crippen LogP contribution in [0.4, 0.5) is 20.4 Å². The standard InChI is InChI=1S/C20H22BrFN8O4.C20H25BrFN7O3.Na.H2O/c21-13-10-12(6-7-14(13)22)30-17(29-33-20(30)32)15-16(28-34-27-15)24-8-3-9-25-19(23)26-18(31)11-4-1-2-5-11;21-14-10-12(6-7-15(14)22)11-16(27-31)17-18(29-32-28-17)24-8-3-9-25-20(23)26-19(30)13-4-1-2-5-13;;/h6-7,10-11H,1-5,8-9H2,(H,24,28)(H3,23,25,26,31);6-7,10,13,31H,1-5,8-9,11H2,(H,24,29)(H3,23,25,26,30);;1H2/q;;+1;/p-1/b;27-16+;;. The van der Waals surface area contributed by atoms with Crippen LogP contribution in [-0.4, -0.2) is 96.7 Å². The molecule has 0 unspecified atom stereocenters. The molecule has 0 saturated heterocycles. The number of guanidine groups is 2. The van der Waals surface area contributed by atoms with E-state index in [-0.39, 0.29) is 116 Å². The number of rotatable bonds is 17. The summed E-state index contributed by atoms with van der Waals surface area (Å²) >= 11 is 6.22. The number of nitrogens with one attached hydrogen (secondary N) is 4. The second-order valence-electron chi connectivity index (χ2n) is 15.1. The molecule has 0 spiro atoms. The van der Waals surface area contributed by atoms with Crippen LogP contribution >= 0.6 is 31.9 Å². The number of aliphatic imine (C=N–C) groups is 2. The molecule has 2 aliphatic carbocycles. The van der Waals surface area contributed by atoms with Crippen LogP contribution in [0.15, 0.2) is 79.1 Å². The van der Waals surface area contributed by atoms with Crippen molar-refractivity contribution in [3.63, 3.8) is 0 Å². The molecule has 5 aromatic rings. The number of halogens is 4. The van der Waals surface area contributed by atoms with E-state index in [0.29, 0.717) is 60.6 Å². The van der Waals surface area contributed by atoms with Crippen LogP contribution in [-0.2, 0) is 16.0 Å². The van der Waals surface area contributed by atoms with E-state index in [1.807, 2.05) is 0 Å². The van der Waals surface area contributed by atoms with Gasteiger partial charge >= 0.3 is 35.3 Å². The minimum absolute atomic E-state index is 0. The number of carbonyl (C=O) groups excluding carboxylic acids is 2. The number of nitrogens with zero attached hydrogens (tertiary/aromatic N) is 9. The van der Waals surface area contributed by atoms with Gasteiger partial charge in [0.05, 0.1) is 14.6 Å². The van der Waals surface area contributed by atoms with Gasteiger partial charge in [-0.05, 0) is 127 Å². The van der Waals surface area contributed by atoms with Crippen LogP contribution in [0.1, 0.15) is 75.5 Å². The summed E-state index contributed by atoms with van der Waals surface area (Å²) in [6.07, 6.45) is 9.18. The Kier molecular flexibility index (Phi) is 22.2. The summed E-state index contributed by atoms with van der Waals surface area (Å²) in [4.78, 5) is 44.7. The Hall–Kier alpha value is -5.61. The van der Waals surface area contributed by atoms with E-state index >= 15 is 0 Å². The van der Waals surface area contributed by atoms with Crippen molar-refractivity contribution in [1.29, 1.82) is 0 Å². The van der Waals surface area contributed by atoms with Gasteiger partial charge in [-0.2, -0.15) is 0 Å².